The minimum atomic E-state index is -1.02. The molecule has 0 bridgehead atoms. The molecule has 0 aliphatic heterocycles. The Bertz CT molecular complexity index is 500. The third kappa shape index (κ3) is 6.71. The van der Waals surface area contributed by atoms with Gasteiger partial charge in [0, 0.05) is 23.9 Å². The standard InChI is InChI=1S/C15H22N2O4S/c1-10(2)8-12(15(20)21)17-13(18)4-3-6-16-14(19)11-5-7-22-9-11/h5,7,9-10,12H,3-4,6,8H2,1-2H3,(H,16,19)(H,17,18)(H,20,21)/t12-/m1/s1. The highest BCUT2D eigenvalue weighted by molar-refractivity contribution is 7.08. The summed E-state index contributed by atoms with van der Waals surface area (Å²) in [5.41, 5.74) is 0.609. The first-order chi connectivity index (χ1) is 10.4. The Balaban J connectivity index is 2.25. The highest BCUT2D eigenvalue weighted by atomic mass is 32.1. The molecule has 0 aliphatic rings. The number of hydrogen-bond acceptors (Lipinski definition) is 4. The van der Waals surface area contributed by atoms with E-state index in [1.807, 2.05) is 19.2 Å². The summed E-state index contributed by atoms with van der Waals surface area (Å²) in [5, 5.41) is 17.9. The quantitative estimate of drug-likeness (QED) is 0.604. The molecule has 3 N–H and O–H groups in total. The van der Waals surface area contributed by atoms with Gasteiger partial charge in [0.05, 0.1) is 0 Å². The smallest absolute Gasteiger partial charge is 0.326 e. The van der Waals surface area contributed by atoms with Gasteiger partial charge >= 0.3 is 5.97 Å². The van der Waals surface area contributed by atoms with Gasteiger partial charge in [-0.25, -0.2) is 4.79 Å². The van der Waals surface area contributed by atoms with Crippen LogP contribution in [0.25, 0.3) is 0 Å². The summed E-state index contributed by atoms with van der Waals surface area (Å²) < 4.78 is 0. The van der Waals surface area contributed by atoms with Gasteiger partial charge in [-0.2, -0.15) is 11.3 Å². The second-order valence-corrected chi connectivity index (χ2v) is 6.24. The van der Waals surface area contributed by atoms with Gasteiger partial charge in [0.15, 0.2) is 0 Å². The fourth-order valence-electron chi connectivity index (χ4n) is 1.91. The van der Waals surface area contributed by atoms with Crippen molar-refractivity contribution in [1.82, 2.24) is 10.6 Å². The second-order valence-electron chi connectivity index (χ2n) is 5.46. The zero-order valence-corrected chi connectivity index (χ0v) is 13.6. The summed E-state index contributed by atoms with van der Waals surface area (Å²) in [4.78, 5) is 34.4. The van der Waals surface area contributed by atoms with E-state index < -0.39 is 12.0 Å². The summed E-state index contributed by atoms with van der Waals surface area (Å²) in [7, 11) is 0. The fourth-order valence-corrected chi connectivity index (χ4v) is 2.54. The lowest BCUT2D eigenvalue weighted by Gasteiger charge is -2.16. The van der Waals surface area contributed by atoms with Crippen LogP contribution < -0.4 is 10.6 Å². The molecule has 7 heteroatoms. The van der Waals surface area contributed by atoms with E-state index in [2.05, 4.69) is 10.6 Å². The van der Waals surface area contributed by atoms with Gasteiger partial charge in [-0.05, 0) is 30.2 Å². The molecule has 22 heavy (non-hydrogen) atoms. The molecular formula is C15H22N2O4S. The van der Waals surface area contributed by atoms with Crippen molar-refractivity contribution in [2.45, 2.75) is 39.2 Å². The number of nitrogens with one attached hydrogen (secondary N) is 2. The SMILES string of the molecule is CC(C)C[C@@H](NC(=O)CCCNC(=O)c1ccsc1)C(=O)O. The maximum atomic E-state index is 11.7. The van der Waals surface area contributed by atoms with E-state index in [0.717, 1.165) is 0 Å². The van der Waals surface area contributed by atoms with Crippen molar-refractivity contribution in [2.24, 2.45) is 5.92 Å². The first-order valence-electron chi connectivity index (χ1n) is 7.22. The topological polar surface area (TPSA) is 95.5 Å². The van der Waals surface area contributed by atoms with Crippen LogP contribution in [0.4, 0.5) is 0 Å². The maximum Gasteiger partial charge on any atom is 0.326 e. The van der Waals surface area contributed by atoms with E-state index in [9.17, 15) is 14.4 Å². The molecule has 1 aromatic heterocycles. The lowest BCUT2D eigenvalue weighted by molar-refractivity contribution is -0.142. The van der Waals surface area contributed by atoms with Crippen molar-refractivity contribution >= 4 is 29.1 Å². The number of aliphatic carboxylic acids is 1. The Labute approximate surface area is 133 Å². The highest BCUT2D eigenvalue weighted by Crippen LogP contribution is 2.06. The average Bonchev–Trinajstić information content (AvgIpc) is 2.96. The molecule has 1 rings (SSSR count). The van der Waals surface area contributed by atoms with Crippen LogP contribution >= 0.6 is 11.3 Å². The number of carboxylic acid groups (broad SMARTS) is 1. The van der Waals surface area contributed by atoms with Crippen LogP contribution in [0.2, 0.25) is 0 Å². The number of rotatable bonds is 9. The Kier molecular flexibility index (Phi) is 7.59. The van der Waals surface area contributed by atoms with E-state index >= 15 is 0 Å². The molecule has 0 spiro atoms. The van der Waals surface area contributed by atoms with Crippen molar-refractivity contribution in [2.75, 3.05) is 6.54 Å². The zero-order chi connectivity index (χ0) is 16.5. The number of carbonyl (C=O) groups excluding carboxylic acids is 2. The molecule has 1 heterocycles. The Morgan fingerprint density at radius 2 is 2.05 bits per heavy atom. The molecule has 0 aliphatic carbocycles. The van der Waals surface area contributed by atoms with Gasteiger partial charge in [-0.15, -0.1) is 0 Å². The maximum absolute atomic E-state index is 11.7. The fraction of sp³-hybridized carbons (Fsp3) is 0.533. The number of hydrogen-bond donors (Lipinski definition) is 3. The lowest BCUT2D eigenvalue weighted by atomic mass is 10.0. The van der Waals surface area contributed by atoms with Crippen molar-refractivity contribution in [1.29, 1.82) is 0 Å². The summed E-state index contributed by atoms with van der Waals surface area (Å²) in [5.74, 6) is -1.30. The first kappa shape index (κ1) is 18.2. The Morgan fingerprint density at radius 3 is 2.59 bits per heavy atom. The summed E-state index contributed by atoms with van der Waals surface area (Å²) in [6.07, 6.45) is 1.05. The molecule has 0 radical (unpaired) electrons. The van der Waals surface area contributed by atoms with Crippen molar-refractivity contribution in [3.05, 3.63) is 22.4 Å². The molecule has 0 saturated carbocycles. The number of carbonyl (C=O) groups is 3. The average molecular weight is 326 g/mol. The van der Waals surface area contributed by atoms with Crippen molar-refractivity contribution in [3.63, 3.8) is 0 Å². The molecule has 122 valence electrons. The normalized spacial score (nSPS) is 12.0. The van der Waals surface area contributed by atoms with Gasteiger partial charge < -0.3 is 15.7 Å². The largest absolute Gasteiger partial charge is 0.480 e. The molecule has 0 unspecified atom stereocenters. The minimum Gasteiger partial charge on any atom is -0.480 e. The van der Waals surface area contributed by atoms with Crippen molar-refractivity contribution in [3.8, 4) is 0 Å². The van der Waals surface area contributed by atoms with Crippen LogP contribution in [0.15, 0.2) is 16.8 Å². The molecule has 0 fully saturated rings. The molecule has 0 aromatic carbocycles. The summed E-state index contributed by atoms with van der Waals surface area (Å²) in [6.45, 7) is 4.19. The number of amides is 2. The molecule has 0 saturated heterocycles. The van der Waals surface area contributed by atoms with Gasteiger partial charge in [0.1, 0.15) is 6.04 Å². The van der Waals surface area contributed by atoms with Gasteiger partial charge in [0.2, 0.25) is 5.91 Å². The van der Waals surface area contributed by atoms with Crippen LogP contribution in [-0.2, 0) is 9.59 Å². The summed E-state index contributed by atoms with van der Waals surface area (Å²) >= 11 is 1.45. The van der Waals surface area contributed by atoms with Crippen LogP contribution in [0.3, 0.4) is 0 Å². The van der Waals surface area contributed by atoms with Crippen molar-refractivity contribution < 1.29 is 19.5 Å². The highest BCUT2D eigenvalue weighted by Gasteiger charge is 2.20. The minimum absolute atomic E-state index is 0.162. The molecule has 1 atom stereocenters. The lowest BCUT2D eigenvalue weighted by Crippen LogP contribution is -2.41. The Hall–Kier alpha value is -1.89. The van der Waals surface area contributed by atoms with Crippen LogP contribution in [0, 0.1) is 5.92 Å². The van der Waals surface area contributed by atoms with E-state index in [4.69, 9.17) is 5.11 Å². The molecular weight excluding hydrogens is 304 g/mol. The zero-order valence-electron chi connectivity index (χ0n) is 12.8. The summed E-state index contributed by atoms with van der Waals surface area (Å²) in [6, 6.07) is 0.878. The van der Waals surface area contributed by atoms with Crippen LogP contribution in [-0.4, -0.2) is 35.5 Å². The Morgan fingerprint density at radius 1 is 1.32 bits per heavy atom. The number of thiophene rings is 1. The predicted octanol–water partition coefficient (Wildman–Crippen LogP) is 1.87. The van der Waals surface area contributed by atoms with E-state index in [1.165, 1.54) is 11.3 Å². The molecule has 2 amide bonds. The van der Waals surface area contributed by atoms with E-state index in [0.29, 0.717) is 24.9 Å². The molecule has 6 nitrogen and oxygen atoms in total. The molecule has 1 aromatic rings. The third-order valence-corrected chi connectivity index (χ3v) is 3.67. The monoisotopic (exact) mass is 326 g/mol. The van der Waals surface area contributed by atoms with Gasteiger partial charge in [-0.1, -0.05) is 13.8 Å². The van der Waals surface area contributed by atoms with E-state index in [1.54, 1.807) is 11.4 Å². The van der Waals surface area contributed by atoms with Crippen LogP contribution in [0.5, 0.6) is 0 Å². The van der Waals surface area contributed by atoms with Gasteiger partial charge in [-0.3, -0.25) is 9.59 Å². The second kappa shape index (κ2) is 9.19. The number of carboxylic acids is 1. The predicted molar refractivity (Wildman–Crippen MR) is 84.9 cm³/mol. The van der Waals surface area contributed by atoms with Gasteiger partial charge in [0.25, 0.3) is 5.91 Å². The first-order valence-corrected chi connectivity index (χ1v) is 8.17. The van der Waals surface area contributed by atoms with E-state index in [-0.39, 0.29) is 24.2 Å². The van der Waals surface area contributed by atoms with Crippen LogP contribution in [0.1, 0.15) is 43.5 Å². The third-order valence-electron chi connectivity index (χ3n) is 2.99.